The van der Waals surface area contributed by atoms with Crippen molar-refractivity contribution in [3.63, 3.8) is 0 Å². The van der Waals surface area contributed by atoms with E-state index < -0.39 is 0 Å². The Morgan fingerprint density at radius 2 is 1.83 bits per heavy atom. The van der Waals surface area contributed by atoms with Crippen LogP contribution < -0.4 is 0 Å². The molecule has 0 aromatic carbocycles. The average Bonchev–Trinajstić information content (AvgIpc) is 2.69. The van der Waals surface area contributed by atoms with Crippen LogP contribution in [0.2, 0.25) is 0 Å². The number of carbonyl (C=O) groups excluding carboxylic acids is 1. The maximum atomic E-state index is 11.6. The summed E-state index contributed by atoms with van der Waals surface area (Å²) in [5.74, 6) is 2.64. The van der Waals surface area contributed by atoms with E-state index in [1.807, 2.05) is 0 Å². The summed E-state index contributed by atoms with van der Waals surface area (Å²) in [4.78, 5) is 11.6. The van der Waals surface area contributed by atoms with Crippen molar-refractivity contribution in [2.75, 3.05) is 7.11 Å². The van der Waals surface area contributed by atoms with E-state index in [-0.39, 0.29) is 29.0 Å². The molecule has 3 fully saturated rings. The molecule has 0 radical (unpaired) electrons. The second-order valence-corrected chi connectivity index (χ2v) is 11.3. The number of carbonyl (C=O) groups is 1. The maximum Gasteiger partial charge on any atom is 0.305 e. The van der Waals surface area contributed by atoms with E-state index in [0.29, 0.717) is 41.9 Å². The van der Waals surface area contributed by atoms with Crippen LogP contribution in [0, 0.1) is 46.3 Å². The number of esters is 1. The van der Waals surface area contributed by atoms with Gasteiger partial charge in [-0.3, -0.25) is 4.79 Å². The highest BCUT2D eigenvalue weighted by molar-refractivity contribution is 5.69. The second-order valence-electron chi connectivity index (χ2n) is 11.3. The van der Waals surface area contributed by atoms with Crippen LogP contribution in [0.15, 0.2) is 0 Å². The zero-order valence-electron chi connectivity index (χ0n) is 19.5. The van der Waals surface area contributed by atoms with Crippen molar-refractivity contribution in [1.82, 2.24) is 0 Å². The first-order chi connectivity index (χ1) is 13.5. The lowest BCUT2D eigenvalue weighted by molar-refractivity contribution is -0.181. The van der Waals surface area contributed by atoms with Crippen molar-refractivity contribution in [1.29, 1.82) is 0 Å². The molecule has 0 aromatic heterocycles. The number of fused-ring (bicyclic) bond motifs is 3. The molecule has 4 heteroatoms. The number of aliphatic hydroxyl groups is 2. The van der Waals surface area contributed by atoms with Crippen LogP contribution in [0.25, 0.3) is 0 Å². The van der Waals surface area contributed by atoms with Crippen molar-refractivity contribution in [2.24, 2.45) is 46.3 Å². The van der Waals surface area contributed by atoms with Crippen LogP contribution in [-0.2, 0) is 9.53 Å². The van der Waals surface area contributed by atoms with Crippen LogP contribution in [0.4, 0.5) is 0 Å². The molecule has 168 valence electrons. The lowest BCUT2D eigenvalue weighted by Gasteiger charge is -2.63. The number of methoxy groups -OCH3 is 1. The molecule has 2 N–H and O–H groups in total. The highest BCUT2D eigenvalue weighted by Gasteiger charge is 2.59. The van der Waals surface area contributed by atoms with Gasteiger partial charge in [0.15, 0.2) is 0 Å². The van der Waals surface area contributed by atoms with Gasteiger partial charge in [-0.25, -0.2) is 0 Å². The molecule has 3 aliphatic carbocycles. The predicted molar refractivity (Wildman–Crippen MR) is 115 cm³/mol. The first-order valence-corrected chi connectivity index (χ1v) is 12.0. The van der Waals surface area contributed by atoms with Gasteiger partial charge < -0.3 is 14.9 Å². The van der Waals surface area contributed by atoms with Crippen molar-refractivity contribution < 1.29 is 19.7 Å². The summed E-state index contributed by atoms with van der Waals surface area (Å²) in [5.41, 5.74) is 0.438. The van der Waals surface area contributed by atoms with Crippen molar-refractivity contribution in [3.8, 4) is 0 Å². The molecular weight excluding hydrogens is 364 g/mol. The molecule has 0 heterocycles. The zero-order chi connectivity index (χ0) is 21.6. The molecule has 3 rings (SSSR count). The normalized spacial score (nSPS) is 46.9. The molecule has 0 spiro atoms. The van der Waals surface area contributed by atoms with Crippen LogP contribution >= 0.6 is 0 Å². The molecule has 29 heavy (non-hydrogen) atoms. The van der Waals surface area contributed by atoms with E-state index >= 15 is 0 Å². The minimum atomic E-state index is -0.254. The molecule has 0 bridgehead atoms. The van der Waals surface area contributed by atoms with Gasteiger partial charge in [-0.1, -0.05) is 34.6 Å². The molecule has 6 unspecified atom stereocenters. The Morgan fingerprint density at radius 3 is 2.48 bits per heavy atom. The fraction of sp³-hybridized carbons (Fsp3) is 0.960. The van der Waals surface area contributed by atoms with Crippen molar-refractivity contribution in [2.45, 2.75) is 98.2 Å². The van der Waals surface area contributed by atoms with Crippen LogP contribution in [-0.4, -0.2) is 35.5 Å². The summed E-state index contributed by atoms with van der Waals surface area (Å²) in [5, 5.41) is 21.4. The number of hydrogen-bond acceptors (Lipinski definition) is 4. The summed E-state index contributed by atoms with van der Waals surface area (Å²) in [6.45, 7) is 11.9. The average molecular weight is 409 g/mol. The summed E-state index contributed by atoms with van der Waals surface area (Å²) in [6.07, 6.45) is 7.02. The third-order valence-electron chi connectivity index (χ3n) is 10.3. The van der Waals surface area contributed by atoms with E-state index in [4.69, 9.17) is 4.74 Å². The molecule has 3 saturated carbocycles. The highest BCUT2D eigenvalue weighted by atomic mass is 16.5. The van der Waals surface area contributed by atoms with E-state index in [9.17, 15) is 15.0 Å². The summed E-state index contributed by atoms with van der Waals surface area (Å²) in [7, 11) is 1.46. The Morgan fingerprint density at radius 1 is 1.14 bits per heavy atom. The van der Waals surface area contributed by atoms with Gasteiger partial charge in [0.25, 0.3) is 0 Å². The summed E-state index contributed by atoms with van der Waals surface area (Å²) < 4.78 is 4.84. The largest absolute Gasteiger partial charge is 0.469 e. The number of hydrogen-bond donors (Lipinski definition) is 2. The van der Waals surface area contributed by atoms with Gasteiger partial charge in [0.05, 0.1) is 19.3 Å². The molecule has 3 aliphatic rings. The molecule has 4 nitrogen and oxygen atoms in total. The van der Waals surface area contributed by atoms with Crippen LogP contribution in [0.5, 0.6) is 0 Å². The third kappa shape index (κ3) is 4.01. The quantitative estimate of drug-likeness (QED) is 0.641. The van der Waals surface area contributed by atoms with Gasteiger partial charge in [-0.2, -0.15) is 0 Å². The van der Waals surface area contributed by atoms with Crippen molar-refractivity contribution in [3.05, 3.63) is 0 Å². The van der Waals surface area contributed by atoms with E-state index in [1.165, 1.54) is 20.0 Å². The maximum absolute atomic E-state index is 11.6. The fourth-order valence-electron chi connectivity index (χ4n) is 7.73. The molecule has 0 amide bonds. The number of rotatable bonds is 5. The molecule has 0 saturated heterocycles. The van der Waals surface area contributed by atoms with E-state index in [0.717, 1.165) is 32.1 Å². The lowest BCUT2D eigenvalue weighted by atomic mass is 9.42. The van der Waals surface area contributed by atoms with E-state index in [1.54, 1.807) is 0 Å². The standard InChI is InChI=1S/C25H44O4/c1-15(7-8-22(28)29-6)16(2)24(4)12-10-20-23(17(24)3)21(27)14-18-13-19(26)9-11-25(18,20)5/h15-21,23,26-27H,7-14H2,1-6H3/t15-,16?,17?,18?,19-,20?,21?,23?,24-,25+/m1/s1. The minimum Gasteiger partial charge on any atom is -0.469 e. The smallest absolute Gasteiger partial charge is 0.305 e. The molecule has 0 aliphatic heterocycles. The molecule has 10 atom stereocenters. The third-order valence-corrected chi connectivity index (χ3v) is 10.3. The first kappa shape index (κ1) is 23.1. The number of aliphatic hydroxyl groups excluding tert-OH is 2. The van der Waals surface area contributed by atoms with Gasteiger partial charge in [0.2, 0.25) is 0 Å². The Bertz CT molecular complexity index is 591. The van der Waals surface area contributed by atoms with Crippen LogP contribution in [0.3, 0.4) is 0 Å². The second kappa shape index (κ2) is 8.49. The minimum absolute atomic E-state index is 0.118. The van der Waals surface area contributed by atoms with Gasteiger partial charge >= 0.3 is 5.97 Å². The number of ether oxygens (including phenoxy) is 1. The zero-order valence-corrected chi connectivity index (χ0v) is 19.5. The monoisotopic (exact) mass is 408 g/mol. The van der Waals surface area contributed by atoms with Gasteiger partial charge in [-0.15, -0.1) is 0 Å². The highest BCUT2D eigenvalue weighted by Crippen LogP contribution is 2.64. The SMILES string of the molecule is COC(=O)CC[C@@H](C)C(C)[C@@]1(C)CCC2C(C(O)CC3C[C@H](O)CC[C@@]32C)C1C. The van der Waals surface area contributed by atoms with Gasteiger partial charge in [0.1, 0.15) is 0 Å². The van der Waals surface area contributed by atoms with Crippen molar-refractivity contribution >= 4 is 5.97 Å². The summed E-state index contributed by atoms with van der Waals surface area (Å²) in [6, 6.07) is 0. The molecule has 0 aromatic rings. The Kier molecular flexibility index (Phi) is 6.75. The predicted octanol–water partition coefficient (Wildman–Crippen LogP) is 4.81. The van der Waals surface area contributed by atoms with E-state index in [2.05, 4.69) is 34.6 Å². The first-order valence-electron chi connectivity index (χ1n) is 12.0. The van der Waals surface area contributed by atoms with Gasteiger partial charge in [-0.05, 0) is 91.3 Å². The van der Waals surface area contributed by atoms with Gasteiger partial charge in [0, 0.05) is 6.42 Å². The molecular formula is C25H44O4. The summed E-state index contributed by atoms with van der Waals surface area (Å²) >= 11 is 0. The topological polar surface area (TPSA) is 66.8 Å². The fourth-order valence-corrected chi connectivity index (χ4v) is 7.73. The Balaban J connectivity index is 1.77. The Hall–Kier alpha value is -0.610. The Labute approximate surface area is 177 Å². The lowest BCUT2D eigenvalue weighted by Crippen LogP contribution is -2.59. The van der Waals surface area contributed by atoms with Crippen LogP contribution in [0.1, 0.15) is 86.0 Å².